The molecule has 0 saturated carbocycles. The molecule has 0 fully saturated rings. The molecule has 0 aliphatic carbocycles. The van der Waals surface area contributed by atoms with Gasteiger partial charge in [-0.15, -0.1) is 11.3 Å². The Morgan fingerprint density at radius 3 is 2.73 bits per heavy atom. The molecule has 0 spiro atoms. The quantitative estimate of drug-likeness (QED) is 0.491. The van der Waals surface area contributed by atoms with E-state index in [0.29, 0.717) is 15.5 Å². The molecule has 3 aromatic rings. The highest BCUT2D eigenvalue weighted by molar-refractivity contribution is 7.17. The molecule has 2 heterocycles. The summed E-state index contributed by atoms with van der Waals surface area (Å²) in [7, 11) is 0. The number of benzene rings is 1. The van der Waals surface area contributed by atoms with Gasteiger partial charge in [0.25, 0.3) is 0 Å². The molecule has 0 bridgehead atoms. The summed E-state index contributed by atoms with van der Waals surface area (Å²) in [6.07, 6.45) is 1.45. The number of pyridine rings is 1. The molecule has 5 heteroatoms. The second-order valence-electron chi connectivity index (χ2n) is 4.85. The summed E-state index contributed by atoms with van der Waals surface area (Å²) in [4.78, 5) is 17.6. The molecule has 2 aromatic heterocycles. The van der Waals surface area contributed by atoms with E-state index in [-0.39, 0.29) is 5.78 Å². The van der Waals surface area contributed by atoms with Crippen LogP contribution < -0.4 is 0 Å². The number of hydrogen-bond donors (Lipinski definition) is 0. The van der Waals surface area contributed by atoms with E-state index in [2.05, 4.69) is 4.98 Å². The fourth-order valence-electron chi connectivity index (χ4n) is 2.08. The van der Waals surface area contributed by atoms with Gasteiger partial charge in [-0.1, -0.05) is 23.2 Å². The Morgan fingerprint density at radius 2 is 2.00 bits per heavy atom. The zero-order chi connectivity index (χ0) is 15.7. The van der Waals surface area contributed by atoms with Crippen molar-refractivity contribution in [3.8, 4) is 10.4 Å². The molecule has 0 aliphatic heterocycles. The van der Waals surface area contributed by atoms with Crippen LogP contribution in [0.25, 0.3) is 10.4 Å². The second-order valence-corrected chi connectivity index (χ2v) is 6.34. The van der Waals surface area contributed by atoms with Gasteiger partial charge in [-0.2, -0.15) is 4.39 Å². The number of halogens is 2. The van der Waals surface area contributed by atoms with E-state index in [1.165, 1.54) is 23.6 Å². The number of aryl methyl sites for hydroxylation is 1. The van der Waals surface area contributed by atoms with Gasteiger partial charge in [0.2, 0.25) is 11.7 Å². The van der Waals surface area contributed by atoms with Crippen LogP contribution >= 0.6 is 22.9 Å². The lowest BCUT2D eigenvalue weighted by atomic mass is 10.1. The van der Waals surface area contributed by atoms with Crippen molar-refractivity contribution < 1.29 is 9.18 Å². The fraction of sp³-hybridized carbons (Fsp3) is 0.0588. The minimum absolute atomic E-state index is 0.111. The Kier molecular flexibility index (Phi) is 4.05. The molecule has 0 saturated heterocycles. The summed E-state index contributed by atoms with van der Waals surface area (Å²) in [5.74, 6) is -0.636. The van der Waals surface area contributed by atoms with E-state index in [0.717, 1.165) is 16.0 Å². The average Bonchev–Trinajstić information content (AvgIpc) is 2.99. The second kappa shape index (κ2) is 5.99. The van der Waals surface area contributed by atoms with Gasteiger partial charge in [0.15, 0.2) is 0 Å². The Balaban J connectivity index is 1.95. The monoisotopic (exact) mass is 331 g/mol. The first-order valence-corrected chi connectivity index (χ1v) is 7.76. The molecule has 0 radical (unpaired) electrons. The Morgan fingerprint density at radius 1 is 1.18 bits per heavy atom. The van der Waals surface area contributed by atoms with Crippen LogP contribution in [0.3, 0.4) is 0 Å². The molecule has 0 unspecified atom stereocenters. The van der Waals surface area contributed by atoms with E-state index in [9.17, 15) is 9.18 Å². The molecule has 1 aromatic carbocycles. The van der Waals surface area contributed by atoms with Crippen LogP contribution in [-0.2, 0) is 0 Å². The van der Waals surface area contributed by atoms with Crippen LogP contribution in [0, 0.1) is 12.9 Å². The highest BCUT2D eigenvalue weighted by Gasteiger charge is 2.16. The van der Waals surface area contributed by atoms with E-state index in [4.69, 9.17) is 11.6 Å². The van der Waals surface area contributed by atoms with Crippen LogP contribution in [0.1, 0.15) is 20.8 Å². The predicted octanol–water partition coefficient (Wildman–Crippen LogP) is 5.14. The molecule has 0 amide bonds. The van der Waals surface area contributed by atoms with Crippen molar-refractivity contribution in [3.63, 3.8) is 0 Å². The maximum Gasteiger partial charge on any atom is 0.212 e. The number of carbonyl (C=O) groups excluding carboxylic acids is 1. The van der Waals surface area contributed by atoms with Crippen LogP contribution in [-0.4, -0.2) is 10.8 Å². The third kappa shape index (κ3) is 2.93. The summed E-state index contributed by atoms with van der Waals surface area (Å²) in [5.41, 5.74) is 2.25. The Labute approximate surface area is 136 Å². The standard InChI is InChI=1S/C17H11ClFNOS/c1-10-2-4-13(18)12(8-10)17(21)15-6-5-14(22-15)11-3-7-16(19)20-9-11/h2-9H,1H3. The summed E-state index contributed by atoms with van der Waals surface area (Å²) in [6, 6.07) is 11.9. The number of ketones is 1. The molecule has 2 nitrogen and oxygen atoms in total. The van der Waals surface area contributed by atoms with Crippen molar-refractivity contribution in [1.29, 1.82) is 0 Å². The van der Waals surface area contributed by atoms with Crippen molar-refractivity contribution in [1.82, 2.24) is 4.98 Å². The van der Waals surface area contributed by atoms with Crippen LogP contribution in [0.2, 0.25) is 5.02 Å². The van der Waals surface area contributed by atoms with Crippen molar-refractivity contribution >= 4 is 28.7 Å². The van der Waals surface area contributed by atoms with E-state index in [1.54, 1.807) is 24.3 Å². The van der Waals surface area contributed by atoms with Gasteiger partial charge < -0.3 is 0 Å². The van der Waals surface area contributed by atoms with Gasteiger partial charge in [0.1, 0.15) is 0 Å². The van der Waals surface area contributed by atoms with Crippen molar-refractivity contribution in [2.75, 3.05) is 0 Å². The first-order valence-electron chi connectivity index (χ1n) is 6.57. The van der Waals surface area contributed by atoms with Gasteiger partial charge in [-0.25, -0.2) is 4.98 Å². The topological polar surface area (TPSA) is 30.0 Å². The fourth-order valence-corrected chi connectivity index (χ4v) is 3.24. The number of thiophene rings is 1. The van der Waals surface area contributed by atoms with E-state index < -0.39 is 5.95 Å². The van der Waals surface area contributed by atoms with Crippen molar-refractivity contribution in [2.45, 2.75) is 6.92 Å². The number of aromatic nitrogens is 1. The summed E-state index contributed by atoms with van der Waals surface area (Å²) in [6.45, 7) is 1.91. The van der Waals surface area contributed by atoms with E-state index in [1.807, 2.05) is 19.1 Å². The van der Waals surface area contributed by atoms with Gasteiger partial charge in [0.05, 0.1) is 9.90 Å². The molecular formula is C17H11ClFNOS. The first-order chi connectivity index (χ1) is 10.5. The third-order valence-corrected chi connectivity index (χ3v) is 4.67. The molecule has 0 N–H and O–H groups in total. The number of hydrogen-bond acceptors (Lipinski definition) is 3. The zero-order valence-corrected chi connectivity index (χ0v) is 13.2. The normalized spacial score (nSPS) is 10.7. The Bertz CT molecular complexity index is 842. The molecule has 3 rings (SSSR count). The highest BCUT2D eigenvalue weighted by Crippen LogP contribution is 2.30. The largest absolute Gasteiger partial charge is 0.288 e. The summed E-state index contributed by atoms with van der Waals surface area (Å²) in [5, 5.41) is 0.439. The van der Waals surface area contributed by atoms with Crippen LogP contribution in [0.5, 0.6) is 0 Å². The van der Waals surface area contributed by atoms with Crippen molar-refractivity contribution in [3.05, 3.63) is 75.6 Å². The smallest absolute Gasteiger partial charge is 0.212 e. The predicted molar refractivity (Wildman–Crippen MR) is 87.1 cm³/mol. The van der Waals surface area contributed by atoms with Crippen molar-refractivity contribution in [2.24, 2.45) is 0 Å². The maximum absolute atomic E-state index is 12.9. The lowest BCUT2D eigenvalue weighted by Gasteiger charge is -2.03. The minimum atomic E-state index is -0.525. The first kappa shape index (κ1) is 14.9. The zero-order valence-electron chi connectivity index (χ0n) is 11.6. The van der Waals surface area contributed by atoms with Crippen LogP contribution in [0.15, 0.2) is 48.7 Å². The molecule has 22 heavy (non-hydrogen) atoms. The van der Waals surface area contributed by atoms with Gasteiger partial charge >= 0.3 is 0 Å². The molecule has 110 valence electrons. The average molecular weight is 332 g/mol. The Hall–Kier alpha value is -2.04. The number of rotatable bonds is 3. The van der Waals surface area contributed by atoms with Crippen LogP contribution in [0.4, 0.5) is 4.39 Å². The van der Waals surface area contributed by atoms with E-state index >= 15 is 0 Å². The number of nitrogens with zero attached hydrogens (tertiary/aromatic N) is 1. The SMILES string of the molecule is Cc1ccc(Cl)c(C(=O)c2ccc(-c3ccc(F)nc3)s2)c1. The minimum Gasteiger partial charge on any atom is -0.288 e. The maximum atomic E-state index is 12.9. The van der Waals surface area contributed by atoms with Gasteiger partial charge in [-0.05, 0) is 43.3 Å². The summed E-state index contributed by atoms with van der Waals surface area (Å²) >= 11 is 7.45. The van der Waals surface area contributed by atoms with Gasteiger partial charge in [-0.3, -0.25) is 4.79 Å². The highest BCUT2D eigenvalue weighted by atomic mass is 35.5. The lowest BCUT2D eigenvalue weighted by molar-refractivity contribution is 0.104. The lowest BCUT2D eigenvalue weighted by Crippen LogP contribution is -1.99. The third-order valence-electron chi connectivity index (χ3n) is 3.21. The molecular weight excluding hydrogens is 321 g/mol. The molecule has 0 aliphatic rings. The summed E-state index contributed by atoms with van der Waals surface area (Å²) < 4.78 is 12.9. The molecule has 0 atom stereocenters. The van der Waals surface area contributed by atoms with Gasteiger partial charge in [0, 0.05) is 22.2 Å². The number of carbonyl (C=O) groups is 1.